The molecule has 10 heteroatoms. The molecule has 0 atom stereocenters. The van der Waals surface area contributed by atoms with Gasteiger partial charge >= 0.3 is 0 Å². The molecule has 168 valence electrons. The molecular weight excluding hydrogens is 485 g/mol. The van der Waals surface area contributed by atoms with Crippen molar-refractivity contribution in [3.63, 3.8) is 0 Å². The smallest absolute Gasteiger partial charge is 0.279 e. The van der Waals surface area contributed by atoms with Crippen LogP contribution in [0.25, 0.3) is 10.2 Å². The number of carbonyl (C=O) groups excluding carboxylic acids is 1. The molecule has 0 aliphatic carbocycles. The van der Waals surface area contributed by atoms with E-state index >= 15 is 0 Å². The summed E-state index contributed by atoms with van der Waals surface area (Å²) in [7, 11) is -3.87. The summed E-state index contributed by atoms with van der Waals surface area (Å²) in [6, 6.07) is 16.1. The molecule has 0 aliphatic heterocycles. The van der Waals surface area contributed by atoms with Crippen molar-refractivity contribution in [2.45, 2.75) is 11.4 Å². The molecule has 0 radical (unpaired) electrons. The van der Waals surface area contributed by atoms with Crippen molar-refractivity contribution in [2.24, 2.45) is 4.99 Å². The topological polar surface area (TPSA) is 80.5 Å². The van der Waals surface area contributed by atoms with E-state index in [1.54, 1.807) is 22.8 Å². The summed E-state index contributed by atoms with van der Waals surface area (Å²) >= 11 is 7.00. The number of thiazole rings is 1. The van der Waals surface area contributed by atoms with E-state index in [1.165, 1.54) is 65.9 Å². The molecule has 3 aromatic carbocycles. The third-order valence-electron chi connectivity index (χ3n) is 4.64. The number of amides is 1. The monoisotopic (exact) mass is 501 g/mol. The van der Waals surface area contributed by atoms with Gasteiger partial charge in [0.2, 0.25) is 0 Å². The van der Waals surface area contributed by atoms with Crippen LogP contribution in [0.5, 0.6) is 0 Å². The summed E-state index contributed by atoms with van der Waals surface area (Å²) in [5.41, 5.74) is 1.14. The number of sulfonamides is 1. The molecule has 1 aromatic heterocycles. The van der Waals surface area contributed by atoms with Gasteiger partial charge in [0.25, 0.3) is 15.9 Å². The zero-order valence-corrected chi connectivity index (χ0v) is 19.4. The van der Waals surface area contributed by atoms with E-state index < -0.39 is 15.9 Å². The predicted octanol–water partition coefficient (Wildman–Crippen LogP) is 5.22. The van der Waals surface area contributed by atoms with Crippen molar-refractivity contribution >= 4 is 54.8 Å². The first kappa shape index (κ1) is 22.9. The molecule has 4 aromatic rings. The predicted molar refractivity (Wildman–Crippen MR) is 129 cm³/mol. The van der Waals surface area contributed by atoms with Crippen LogP contribution in [0.2, 0.25) is 5.02 Å². The van der Waals surface area contributed by atoms with E-state index in [0.29, 0.717) is 21.1 Å². The zero-order valence-electron chi connectivity index (χ0n) is 17.0. The van der Waals surface area contributed by atoms with Crippen LogP contribution in [0.3, 0.4) is 0 Å². The van der Waals surface area contributed by atoms with Crippen molar-refractivity contribution in [2.75, 3.05) is 4.72 Å². The summed E-state index contributed by atoms with van der Waals surface area (Å²) in [5.74, 6) is -0.944. The molecule has 1 amide bonds. The standard InChI is InChI=1S/C23H17ClFN3O3S2/c1-2-12-28-20-11-8-17(25)14-21(20)32-23(28)26-22(29)15-4-3-5-18(13-15)27-33(30,31)19-9-6-16(24)7-10-19/h2-11,13-14,27H,1,12H2. The highest BCUT2D eigenvalue weighted by atomic mass is 35.5. The Hall–Kier alpha value is -3.27. The summed E-state index contributed by atoms with van der Waals surface area (Å²) in [6.45, 7) is 4.11. The first-order valence-corrected chi connectivity index (χ1v) is 12.3. The van der Waals surface area contributed by atoms with Gasteiger partial charge in [0.1, 0.15) is 5.82 Å². The fourth-order valence-corrected chi connectivity index (χ4v) is 5.37. The Bertz CT molecular complexity index is 1540. The van der Waals surface area contributed by atoms with Gasteiger partial charge in [-0.3, -0.25) is 9.52 Å². The fraction of sp³-hybridized carbons (Fsp3) is 0.0435. The van der Waals surface area contributed by atoms with Gasteiger partial charge in [0, 0.05) is 22.8 Å². The molecule has 1 N–H and O–H groups in total. The molecule has 0 saturated heterocycles. The largest absolute Gasteiger partial charge is 0.312 e. The molecule has 0 unspecified atom stereocenters. The number of anilines is 1. The second kappa shape index (κ2) is 9.30. The molecule has 33 heavy (non-hydrogen) atoms. The van der Waals surface area contributed by atoms with Gasteiger partial charge in [-0.25, -0.2) is 12.8 Å². The third-order valence-corrected chi connectivity index (χ3v) is 7.33. The van der Waals surface area contributed by atoms with E-state index in [4.69, 9.17) is 11.6 Å². The van der Waals surface area contributed by atoms with Gasteiger partial charge in [-0.15, -0.1) is 6.58 Å². The second-order valence-corrected chi connectivity index (χ2v) is 10.1. The Morgan fingerprint density at radius 1 is 1.15 bits per heavy atom. The van der Waals surface area contributed by atoms with Crippen LogP contribution in [-0.2, 0) is 16.6 Å². The maximum atomic E-state index is 13.6. The molecule has 0 aliphatic rings. The molecule has 0 spiro atoms. The molecule has 6 nitrogen and oxygen atoms in total. The summed E-state index contributed by atoms with van der Waals surface area (Å²) < 4.78 is 43.7. The highest BCUT2D eigenvalue weighted by Gasteiger charge is 2.15. The summed E-state index contributed by atoms with van der Waals surface area (Å²) in [4.78, 5) is 17.5. The lowest BCUT2D eigenvalue weighted by molar-refractivity contribution is 0.0998. The molecule has 0 bridgehead atoms. The molecule has 0 fully saturated rings. The van der Waals surface area contributed by atoms with Crippen LogP contribution in [0.1, 0.15) is 10.4 Å². The lowest BCUT2D eigenvalue weighted by Crippen LogP contribution is -2.16. The zero-order chi connectivity index (χ0) is 23.6. The maximum absolute atomic E-state index is 13.6. The minimum Gasteiger partial charge on any atom is -0.312 e. The van der Waals surface area contributed by atoms with Gasteiger partial charge in [-0.2, -0.15) is 4.99 Å². The van der Waals surface area contributed by atoms with Crippen LogP contribution in [-0.4, -0.2) is 18.9 Å². The minimum atomic E-state index is -3.87. The van der Waals surface area contributed by atoms with Crippen molar-refractivity contribution < 1.29 is 17.6 Å². The highest BCUT2D eigenvalue weighted by molar-refractivity contribution is 7.92. The lowest BCUT2D eigenvalue weighted by Gasteiger charge is -2.09. The normalized spacial score (nSPS) is 12.1. The summed E-state index contributed by atoms with van der Waals surface area (Å²) in [5, 5.41) is 0.417. The Kier molecular flexibility index (Phi) is 6.46. The van der Waals surface area contributed by atoms with Crippen molar-refractivity contribution in [3.8, 4) is 0 Å². The van der Waals surface area contributed by atoms with E-state index in [-0.39, 0.29) is 22.0 Å². The average molecular weight is 502 g/mol. The first-order valence-electron chi connectivity index (χ1n) is 9.64. The number of aromatic nitrogens is 1. The van der Waals surface area contributed by atoms with Crippen molar-refractivity contribution in [1.82, 2.24) is 4.57 Å². The molecule has 1 heterocycles. The number of rotatable bonds is 6. The lowest BCUT2D eigenvalue weighted by atomic mass is 10.2. The van der Waals surface area contributed by atoms with Gasteiger partial charge in [-0.05, 0) is 60.7 Å². The minimum absolute atomic E-state index is 0.0382. The number of hydrogen-bond acceptors (Lipinski definition) is 4. The maximum Gasteiger partial charge on any atom is 0.279 e. The van der Waals surface area contributed by atoms with Crippen molar-refractivity contribution in [3.05, 3.63) is 101 Å². The third kappa shape index (κ3) is 5.05. The molecule has 4 rings (SSSR count). The number of fused-ring (bicyclic) bond motifs is 1. The number of halogens is 2. The Labute approximate surface area is 198 Å². The van der Waals surface area contributed by atoms with Gasteiger partial charge in [0.05, 0.1) is 15.1 Å². The number of nitrogens with zero attached hydrogens (tertiary/aromatic N) is 2. The van der Waals surface area contributed by atoms with Crippen LogP contribution >= 0.6 is 22.9 Å². The fourth-order valence-electron chi connectivity index (χ4n) is 3.13. The van der Waals surface area contributed by atoms with E-state index in [2.05, 4.69) is 16.3 Å². The van der Waals surface area contributed by atoms with Gasteiger partial charge in [0.15, 0.2) is 4.80 Å². The van der Waals surface area contributed by atoms with Gasteiger partial charge < -0.3 is 4.57 Å². The number of allylic oxidation sites excluding steroid dienone is 1. The number of benzene rings is 3. The van der Waals surface area contributed by atoms with Gasteiger partial charge in [-0.1, -0.05) is 35.1 Å². The molecule has 0 saturated carbocycles. The van der Waals surface area contributed by atoms with E-state index in [9.17, 15) is 17.6 Å². The van der Waals surface area contributed by atoms with Crippen LogP contribution in [0.15, 0.2) is 89.3 Å². The van der Waals surface area contributed by atoms with Crippen LogP contribution in [0, 0.1) is 5.82 Å². The van der Waals surface area contributed by atoms with E-state index in [0.717, 1.165) is 5.52 Å². The first-order chi connectivity index (χ1) is 15.8. The number of nitrogens with one attached hydrogen (secondary N) is 1. The highest BCUT2D eigenvalue weighted by Crippen LogP contribution is 2.21. The Balaban J connectivity index is 1.67. The Morgan fingerprint density at radius 2 is 1.91 bits per heavy atom. The number of hydrogen-bond donors (Lipinski definition) is 1. The summed E-state index contributed by atoms with van der Waals surface area (Å²) in [6.07, 6.45) is 1.66. The Morgan fingerprint density at radius 3 is 2.64 bits per heavy atom. The quantitative estimate of drug-likeness (QED) is 0.368. The van der Waals surface area contributed by atoms with E-state index in [1.807, 2.05) is 0 Å². The van der Waals surface area contributed by atoms with Crippen LogP contribution < -0.4 is 9.52 Å². The SMILES string of the molecule is C=CCn1c(=NC(=O)c2cccc(NS(=O)(=O)c3ccc(Cl)cc3)c2)sc2cc(F)ccc21. The molecular formula is C23H17ClFN3O3S2. The number of carbonyl (C=O) groups is 1. The second-order valence-electron chi connectivity index (χ2n) is 6.95. The van der Waals surface area contributed by atoms with Crippen molar-refractivity contribution in [1.29, 1.82) is 0 Å². The average Bonchev–Trinajstić information content (AvgIpc) is 3.10. The van der Waals surface area contributed by atoms with Crippen LogP contribution in [0.4, 0.5) is 10.1 Å².